The number of benzene rings is 2. The van der Waals surface area contributed by atoms with Crippen LogP contribution in [0, 0.1) is 0 Å². The van der Waals surface area contributed by atoms with E-state index in [0.29, 0.717) is 40.7 Å². The van der Waals surface area contributed by atoms with Crippen molar-refractivity contribution >= 4 is 35.4 Å². The molecule has 1 fully saturated rings. The zero-order chi connectivity index (χ0) is 26.3. The average molecular weight is 541 g/mol. The minimum absolute atomic E-state index is 0. The number of ether oxygens (including phenoxy) is 1. The van der Waals surface area contributed by atoms with Gasteiger partial charge in [0.2, 0.25) is 0 Å². The van der Waals surface area contributed by atoms with Gasteiger partial charge in [0.05, 0.1) is 23.4 Å². The summed E-state index contributed by atoms with van der Waals surface area (Å²) in [6, 6.07) is 23.1. The van der Waals surface area contributed by atoms with E-state index in [1.165, 1.54) is 0 Å². The maximum absolute atomic E-state index is 12.3. The molecule has 3 heterocycles. The number of rotatable bonds is 6. The Morgan fingerprint density at radius 1 is 1.03 bits per heavy atom. The van der Waals surface area contributed by atoms with E-state index < -0.39 is 0 Å². The summed E-state index contributed by atoms with van der Waals surface area (Å²) in [7, 11) is 0. The Hall–Kier alpha value is -4.27. The third-order valence-corrected chi connectivity index (χ3v) is 7.20. The molecule has 0 amide bonds. The van der Waals surface area contributed by atoms with Crippen molar-refractivity contribution in [3.05, 3.63) is 90.1 Å². The van der Waals surface area contributed by atoms with Gasteiger partial charge in [-0.2, -0.15) is 0 Å². The second-order valence-electron chi connectivity index (χ2n) is 9.60. The van der Waals surface area contributed by atoms with Gasteiger partial charge in [0.1, 0.15) is 11.3 Å². The molecule has 0 unspecified atom stereocenters. The molecule has 5 aromatic rings. The van der Waals surface area contributed by atoms with Gasteiger partial charge in [-0.25, -0.2) is 19.7 Å². The summed E-state index contributed by atoms with van der Waals surface area (Å²) in [6.45, 7) is 2.11. The van der Waals surface area contributed by atoms with Crippen LogP contribution >= 0.6 is 12.4 Å². The van der Waals surface area contributed by atoms with Crippen LogP contribution in [0.2, 0.25) is 0 Å². The first kappa shape index (κ1) is 26.3. The van der Waals surface area contributed by atoms with Gasteiger partial charge in [-0.05, 0) is 80.3 Å². The van der Waals surface area contributed by atoms with E-state index in [0.717, 1.165) is 41.6 Å². The van der Waals surface area contributed by atoms with Crippen LogP contribution in [-0.2, 0) is 10.3 Å². The molecule has 3 aromatic heterocycles. The van der Waals surface area contributed by atoms with Crippen molar-refractivity contribution in [1.29, 1.82) is 0 Å². The van der Waals surface area contributed by atoms with Crippen molar-refractivity contribution in [2.75, 3.05) is 12.3 Å². The Morgan fingerprint density at radius 2 is 1.82 bits per heavy atom. The lowest BCUT2D eigenvalue weighted by atomic mass is 9.73. The number of aromatic nitrogens is 4. The van der Waals surface area contributed by atoms with Gasteiger partial charge in [-0.3, -0.25) is 4.57 Å². The highest BCUT2D eigenvalue weighted by molar-refractivity contribution is 5.91. The van der Waals surface area contributed by atoms with Gasteiger partial charge in [-0.1, -0.05) is 24.3 Å². The van der Waals surface area contributed by atoms with E-state index in [-0.39, 0.29) is 23.9 Å². The first-order chi connectivity index (χ1) is 18.5. The number of carbonyl (C=O) groups excluding carboxylic acids is 1. The van der Waals surface area contributed by atoms with E-state index in [1.54, 1.807) is 25.3 Å². The van der Waals surface area contributed by atoms with Crippen LogP contribution in [-0.4, -0.2) is 32.1 Å². The van der Waals surface area contributed by atoms with Gasteiger partial charge >= 0.3 is 5.97 Å². The van der Waals surface area contributed by atoms with Gasteiger partial charge < -0.3 is 16.2 Å². The van der Waals surface area contributed by atoms with Gasteiger partial charge in [0, 0.05) is 23.0 Å². The maximum atomic E-state index is 12.3. The summed E-state index contributed by atoms with van der Waals surface area (Å²) >= 11 is 0. The Morgan fingerprint density at radius 3 is 2.51 bits per heavy atom. The van der Waals surface area contributed by atoms with Crippen LogP contribution in [0.5, 0.6) is 0 Å². The smallest absolute Gasteiger partial charge is 0.338 e. The van der Waals surface area contributed by atoms with Crippen LogP contribution in [0.4, 0.5) is 5.82 Å². The summed E-state index contributed by atoms with van der Waals surface area (Å²) in [5.74, 6) is 0.673. The molecule has 1 saturated carbocycles. The second-order valence-corrected chi connectivity index (χ2v) is 9.60. The molecule has 0 bridgehead atoms. The number of halogens is 1. The summed E-state index contributed by atoms with van der Waals surface area (Å²) in [5.41, 5.74) is 18.7. The van der Waals surface area contributed by atoms with Crippen molar-refractivity contribution in [3.8, 4) is 28.3 Å². The Labute approximate surface area is 232 Å². The van der Waals surface area contributed by atoms with Gasteiger partial charge in [0.15, 0.2) is 11.5 Å². The molecule has 198 valence electrons. The lowest BCUT2D eigenvalue weighted by Gasteiger charge is -2.38. The monoisotopic (exact) mass is 540 g/mol. The van der Waals surface area contributed by atoms with E-state index in [9.17, 15) is 4.79 Å². The molecular formula is C30H29ClN6O2. The summed E-state index contributed by atoms with van der Waals surface area (Å²) < 4.78 is 7.17. The van der Waals surface area contributed by atoms with Crippen LogP contribution in [0.15, 0.2) is 79.0 Å². The fourth-order valence-corrected chi connectivity index (χ4v) is 4.96. The lowest BCUT2D eigenvalue weighted by molar-refractivity contribution is 0.0526. The fraction of sp³-hybridized carbons (Fsp3) is 0.200. The number of hydrogen-bond acceptors (Lipinski definition) is 7. The summed E-state index contributed by atoms with van der Waals surface area (Å²) in [4.78, 5) is 26.5. The van der Waals surface area contributed by atoms with Crippen molar-refractivity contribution in [2.24, 2.45) is 5.73 Å². The van der Waals surface area contributed by atoms with E-state index >= 15 is 0 Å². The van der Waals surface area contributed by atoms with Crippen LogP contribution in [0.3, 0.4) is 0 Å². The number of anilines is 1. The number of hydrogen-bond donors (Lipinski definition) is 2. The van der Waals surface area contributed by atoms with E-state index in [2.05, 4.69) is 29.2 Å². The SMILES string of the molecule is CCOC(=O)c1cccc(-c2ccc3nc(-c4cccnc4N)n(-c4ccc(C5(N)CCC5)cc4)c3n2)c1.Cl. The number of nitrogens with two attached hydrogens (primary N) is 2. The fourth-order valence-electron chi connectivity index (χ4n) is 4.96. The molecule has 39 heavy (non-hydrogen) atoms. The first-order valence-electron chi connectivity index (χ1n) is 12.7. The molecule has 0 spiro atoms. The van der Waals surface area contributed by atoms with Crippen molar-refractivity contribution in [1.82, 2.24) is 19.5 Å². The van der Waals surface area contributed by atoms with Crippen molar-refractivity contribution in [3.63, 3.8) is 0 Å². The minimum atomic E-state index is -0.362. The first-order valence-corrected chi connectivity index (χ1v) is 12.7. The number of esters is 1. The topological polar surface area (TPSA) is 122 Å². The number of pyridine rings is 2. The number of nitrogens with zero attached hydrogens (tertiary/aromatic N) is 4. The molecule has 6 rings (SSSR count). The van der Waals surface area contributed by atoms with Crippen LogP contribution in [0.25, 0.3) is 39.5 Å². The highest BCUT2D eigenvalue weighted by Crippen LogP contribution is 2.39. The van der Waals surface area contributed by atoms with E-state index in [1.807, 2.05) is 41.0 Å². The zero-order valence-corrected chi connectivity index (χ0v) is 22.3. The molecule has 0 saturated heterocycles. The molecule has 1 aliphatic carbocycles. The Bertz CT molecular complexity index is 1660. The molecule has 2 aromatic carbocycles. The van der Waals surface area contributed by atoms with Crippen LogP contribution in [0.1, 0.15) is 42.1 Å². The quantitative estimate of drug-likeness (QED) is 0.266. The van der Waals surface area contributed by atoms with Crippen molar-refractivity contribution in [2.45, 2.75) is 31.7 Å². The van der Waals surface area contributed by atoms with Crippen molar-refractivity contribution < 1.29 is 9.53 Å². The number of carbonyl (C=O) groups is 1. The van der Waals surface area contributed by atoms with Crippen LogP contribution < -0.4 is 11.5 Å². The molecule has 1 aliphatic rings. The minimum Gasteiger partial charge on any atom is -0.462 e. The van der Waals surface area contributed by atoms with Gasteiger partial charge in [-0.15, -0.1) is 12.4 Å². The predicted octanol–water partition coefficient (Wildman–Crippen LogP) is 5.67. The van der Waals surface area contributed by atoms with Gasteiger partial charge in [0.25, 0.3) is 0 Å². The van der Waals surface area contributed by atoms with E-state index in [4.69, 9.17) is 26.2 Å². The molecule has 9 heteroatoms. The molecule has 0 atom stereocenters. The highest BCUT2D eigenvalue weighted by Gasteiger charge is 2.34. The standard InChI is InChI=1S/C30H28N6O2.ClH/c1-2-38-29(37)20-7-3-6-19(18-20)24-13-14-25-28(34-24)36(27(35-25)23-8-4-17-33-26(23)31)22-11-9-21(10-12-22)30(32)15-5-16-30;/h3-4,6-14,17-18H,2,5,15-16,32H2,1H3,(H2,31,33);1H. The molecule has 4 N–H and O–H groups in total. The largest absolute Gasteiger partial charge is 0.462 e. The molecule has 8 nitrogen and oxygen atoms in total. The predicted molar refractivity (Wildman–Crippen MR) is 155 cm³/mol. The molecular weight excluding hydrogens is 512 g/mol. The number of nitrogen functional groups attached to an aromatic ring is 1. The second kappa shape index (κ2) is 10.5. The Balaban J connectivity index is 0.00000308. The Kier molecular flexibility index (Phi) is 7.08. The maximum Gasteiger partial charge on any atom is 0.338 e. The number of fused-ring (bicyclic) bond motifs is 1. The normalized spacial score (nSPS) is 13.9. The summed E-state index contributed by atoms with van der Waals surface area (Å²) in [5, 5.41) is 0. The molecule has 0 aliphatic heterocycles. The third-order valence-electron chi connectivity index (χ3n) is 7.20. The highest BCUT2D eigenvalue weighted by atomic mass is 35.5. The number of imidazole rings is 1. The third kappa shape index (κ3) is 4.73. The molecule has 0 radical (unpaired) electrons. The average Bonchev–Trinajstić information content (AvgIpc) is 3.31. The summed E-state index contributed by atoms with van der Waals surface area (Å²) in [6.07, 6.45) is 4.80. The zero-order valence-electron chi connectivity index (χ0n) is 21.5. The lowest BCUT2D eigenvalue weighted by Crippen LogP contribution is -2.43.